The highest BCUT2D eigenvalue weighted by Gasteiger charge is 2.21. The number of ether oxygens (including phenoxy) is 2. The number of methoxy groups -OCH3 is 1. The van der Waals surface area contributed by atoms with Gasteiger partial charge in [-0.05, 0) is 56.9 Å². The molecule has 154 valence electrons. The summed E-state index contributed by atoms with van der Waals surface area (Å²) < 4.78 is 13.8. The van der Waals surface area contributed by atoms with Gasteiger partial charge < -0.3 is 18.8 Å². The average Bonchev–Trinajstić information content (AvgIpc) is 3.17. The van der Waals surface area contributed by atoms with E-state index in [2.05, 4.69) is 42.6 Å². The molecule has 0 amide bonds. The fourth-order valence-electron chi connectivity index (χ4n) is 3.54. The van der Waals surface area contributed by atoms with E-state index < -0.39 is 0 Å². The first-order chi connectivity index (χ1) is 14.6. The Kier molecular flexibility index (Phi) is 5.72. The Labute approximate surface area is 177 Å². The predicted octanol–water partition coefficient (Wildman–Crippen LogP) is 5.21. The normalized spacial score (nSPS) is 12.3. The van der Waals surface area contributed by atoms with E-state index >= 15 is 0 Å². The molecule has 1 atom stereocenters. The number of benzene rings is 2. The Morgan fingerprint density at radius 1 is 0.967 bits per heavy atom. The van der Waals surface area contributed by atoms with E-state index in [4.69, 9.17) is 14.5 Å². The van der Waals surface area contributed by atoms with Gasteiger partial charge in [0.1, 0.15) is 12.3 Å². The molecule has 2 heterocycles. The lowest BCUT2D eigenvalue weighted by molar-refractivity contribution is 0.284. The third-order valence-electron chi connectivity index (χ3n) is 5.41. The molecule has 0 saturated carbocycles. The first-order valence-electron chi connectivity index (χ1n) is 10.1. The van der Waals surface area contributed by atoms with Crippen molar-refractivity contribution >= 4 is 5.65 Å². The minimum absolute atomic E-state index is 0.192. The van der Waals surface area contributed by atoms with Crippen LogP contribution in [0.1, 0.15) is 24.2 Å². The van der Waals surface area contributed by atoms with Crippen LogP contribution in [-0.4, -0.2) is 35.5 Å². The van der Waals surface area contributed by atoms with Crippen LogP contribution in [0.25, 0.3) is 16.9 Å². The monoisotopic (exact) mass is 401 g/mol. The van der Waals surface area contributed by atoms with Crippen LogP contribution in [0.5, 0.6) is 11.5 Å². The maximum atomic E-state index is 6.02. The lowest BCUT2D eigenvalue weighted by atomic mass is 10.1. The van der Waals surface area contributed by atoms with Crippen LogP contribution >= 0.6 is 0 Å². The van der Waals surface area contributed by atoms with Crippen molar-refractivity contribution in [3.8, 4) is 22.8 Å². The molecule has 5 nitrogen and oxygen atoms in total. The molecule has 0 bridgehead atoms. The molecule has 4 aromatic rings. The number of nitrogens with zero attached hydrogens (tertiary/aromatic N) is 3. The van der Waals surface area contributed by atoms with Gasteiger partial charge in [0.15, 0.2) is 11.5 Å². The summed E-state index contributed by atoms with van der Waals surface area (Å²) in [7, 11) is 5.83. The van der Waals surface area contributed by atoms with Gasteiger partial charge in [0.25, 0.3) is 0 Å². The topological polar surface area (TPSA) is 39.0 Å². The number of hydrogen-bond donors (Lipinski definition) is 0. The van der Waals surface area contributed by atoms with Crippen molar-refractivity contribution in [3.05, 3.63) is 84.2 Å². The molecule has 0 aliphatic carbocycles. The van der Waals surface area contributed by atoms with E-state index in [-0.39, 0.29) is 6.04 Å². The van der Waals surface area contributed by atoms with Crippen molar-refractivity contribution < 1.29 is 9.47 Å². The van der Waals surface area contributed by atoms with Gasteiger partial charge in [0, 0.05) is 17.8 Å². The van der Waals surface area contributed by atoms with Crippen LogP contribution < -0.4 is 9.47 Å². The maximum absolute atomic E-state index is 6.02. The zero-order valence-corrected chi connectivity index (χ0v) is 17.9. The van der Waals surface area contributed by atoms with Gasteiger partial charge in [-0.1, -0.05) is 36.4 Å². The highest BCUT2D eigenvalue weighted by atomic mass is 16.5. The van der Waals surface area contributed by atoms with Crippen molar-refractivity contribution in [1.29, 1.82) is 0 Å². The second-order valence-electron chi connectivity index (χ2n) is 7.55. The highest BCUT2D eigenvalue weighted by molar-refractivity contribution is 5.70. The van der Waals surface area contributed by atoms with E-state index in [0.717, 1.165) is 33.9 Å². The Bertz CT molecular complexity index is 1140. The highest BCUT2D eigenvalue weighted by Crippen LogP contribution is 2.36. The molecule has 2 aromatic heterocycles. The first kappa shape index (κ1) is 20.0. The number of pyridine rings is 1. The predicted molar refractivity (Wildman–Crippen MR) is 120 cm³/mol. The van der Waals surface area contributed by atoms with E-state index in [9.17, 15) is 0 Å². The Morgan fingerprint density at radius 3 is 2.47 bits per heavy atom. The van der Waals surface area contributed by atoms with Crippen LogP contribution in [0.4, 0.5) is 0 Å². The molecule has 0 spiro atoms. The molecule has 2 aromatic carbocycles. The molecule has 0 N–H and O–H groups in total. The molecule has 30 heavy (non-hydrogen) atoms. The second-order valence-corrected chi connectivity index (χ2v) is 7.55. The summed E-state index contributed by atoms with van der Waals surface area (Å²) in [5.41, 5.74) is 5.16. The van der Waals surface area contributed by atoms with Crippen LogP contribution in [0, 0.1) is 0 Å². The summed E-state index contributed by atoms with van der Waals surface area (Å²) >= 11 is 0. The quantitative estimate of drug-likeness (QED) is 0.426. The van der Waals surface area contributed by atoms with Gasteiger partial charge in [-0.3, -0.25) is 0 Å². The Hall–Kier alpha value is -3.31. The zero-order chi connectivity index (χ0) is 21.1. The lowest BCUT2D eigenvalue weighted by Crippen LogP contribution is -2.19. The molecule has 5 heteroatoms. The number of imidazole rings is 1. The van der Waals surface area contributed by atoms with Gasteiger partial charge in [-0.15, -0.1) is 0 Å². The SMILES string of the molecule is COc1cc(-c2nc3ccccn3c2C(C)N(C)C)ccc1OCc1ccccc1. The number of rotatable bonds is 7. The standard InChI is InChI=1S/C25H27N3O2/c1-18(27(2)3)25-24(26-23-12-8-9-15-28(23)25)20-13-14-21(22(16-20)29-4)30-17-19-10-6-5-7-11-19/h5-16,18H,17H2,1-4H3. The molecule has 4 rings (SSSR count). The van der Waals surface area contributed by atoms with E-state index in [0.29, 0.717) is 12.4 Å². The van der Waals surface area contributed by atoms with Gasteiger partial charge in [0.05, 0.1) is 18.5 Å². The summed E-state index contributed by atoms with van der Waals surface area (Å²) in [5, 5.41) is 0. The number of fused-ring (bicyclic) bond motifs is 1. The second kappa shape index (κ2) is 8.59. The van der Waals surface area contributed by atoms with Crippen molar-refractivity contribution in [3.63, 3.8) is 0 Å². The van der Waals surface area contributed by atoms with Gasteiger partial charge in [0.2, 0.25) is 0 Å². The molecular weight excluding hydrogens is 374 g/mol. The minimum atomic E-state index is 0.192. The van der Waals surface area contributed by atoms with E-state index in [1.807, 2.05) is 60.7 Å². The van der Waals surface area contributed by atoms with Crippen LogP contribution in [0.3, 0.4) is 0 Å². The van der Waals surface area contributed by atoms with Crippen molar-refractivity contribution in [2.75, 3.05) is 21.2 Å². The first-order valence-corrected chi connectivity index (χ1v) is 10.1. The summed E-state index contributed by atoms with van der Waals surface area (Å²) in [6.07, 6.45) is 2.07. The van der Waals surface area contributed by atoms with Crippen molar-refractivity contribution in [2.24, 2.45) is 0 Å². The fraction of sp³-hybridized carbons (Fsp3) is 0.240. The third-order valence-corrected chi connectivity index (χ3v) is 5.41. The molecular formula is C25H27N3O2. The van der Waals surface area contributed by atoms with Gasteiger partial charge in [-0.25, -0.2) is 4.98 Å². The van der Waals surface area contributed by atoms with Crippen LogP contribution in [0.15, 0.2) is 72.9 Å². The fourth-order valence-corrected chi connectivity index (χ4v) is 3.54. The van der Waals surface area contributed by atoms with E-state index in [1.54, 1.807) is 7.11 Å². The smallest absolute Gasteiger partial charge is 0.161 e. The summed E-state index contributed by atoms with van der Waals surface area (Å²) in [6.45, 7) is 2.68. The van der Waals surface area contributed by atoms with Gasteiger partial charge in [-0.2, -0.15) is 0 Å². The zero-order valence-electron chi connectivity index (χ0n) is 17.9. The maximum Gasteiger partial charge on any atom is 0.161 e. The molecule has 0 saturated heterocycles. The molecule has 0 aliphatic heterocycles. The number of aromatic nitrogens is 2. The van der Waals surface area contributed by atoms with Crippen molar-refractivity contribution in [1.82, 2.24) is 14.3 Å². The van der Waals surface area contributed by atoms with Crippen LogP contribution in [-0.2, 0) is 6.61 Å². The molecule has 1 unspecified atom stereocenters. The lowest BCUT2D eigenvalue weighted by Gasteiger charge is -2.21. The third kappa shape index (κ3) is 3.89. The number of hydrogen-bond acceptors (Lipinski definition) is 4. The minimum Gasteiger partial charge on any atom is -0.493 e. The molecule has 0 radical (unpaired) electrons. The van der Waals surface area contributed by atoms with Crippen molar-refractivity contribution in [2.45, 2.75) is 19.6 Å². The average molecular weight is 402 g/mol. The Balaban J connectivity index is 1.72. The Morgan fingerprint density at radius 2 is 1.73 bits per heavy atom. The largest absolute Gasteiger partial charge is 0.493 e. The summed E-state index contributed by atoms with van der Waals surface area (Å²) in [4.78, 5) is 7.11. The van der Waals surface area contributed by atoms with E-state index in [1.165, 1.54) is 0 Å². The summed E-state index contributed by atoms with van der Waals surface area (Å²) in [6, 6.07) is 22.4. The molecule has 0 fully saturated rings. The molecule has 0 aliphatic rings. The van der Waals surface area contributed by atoms with Crippen LogP contribution in [0.2, 0.25) is 0 Å². The summed E-state index contributed by atoms with van der Waals surface area (Å²) in [5.74, 6) is 1.42. The van der Waals surface area contributed by atoms with Gasteiger partial charge >= 0.3 is 0 Å².